The van der Waals surface area contributed by atoms with Gasteiger partial charge in [0.2, 0.25) is 5.95 Å². The highest BCUT2D eigenvalue weighted by Crippen LogP contribution is 2.21. The summed E-state index contributed by atoms with van der Waals surface area (Å²) >= 11 is 0. The number of anilines is 1. The third kappa shape index (κ3) is 4.22. The molecule has 2 aromatic heterocycles. The molecule has 0 bridgehead atoms. The maximum atomic E-state index is 12.8. The fraction of sp³-hybridized carbons (Fsp3) is 0.217. The Morgan fingerprint density at radius 2 is 1.79 bits per heavy atom. The number of fused-ring (bicyclic) bond motifs is 1. The molecule has 0 radical (unpaired) electrons. The molecule has 0 aliphatic heterocycles. The molecule has 0 spiro atoms. The third-order valence-corrected chi connectivity index (χ3v) is 4.79. The van der Waals surface area contributed by atoms with Crippen molar-refractivity contribution in [3.05, 3.63) is 78.6 Å². The molecule has 148 valence electrons. The van der Waals surface area contributed by atoms with Crippen molar-refractivity contribution < 1.29 is 9.53 Å². The second-order valence-electron chi connectivity index (χ2n) is 6.72. The first-order chi connectivity index (χ1) is 14.3. The van der Waals surface area contributed by atoms with Gasteiger partial charge in [0.25, 0.3) is 5.91 Å². The Morgan fingerprint density at radius 1 is 1.03 bits per heavy atom. The Morgan fingerprint density at radius 3 is 2.55 bits per heavy atom. The monoisotopic (exact) mass is 388 g/mol. The van der Waals surface area contributed by atoms with Gasteiger partial charge in [-0.2, -0.15) is 0 Å². The molecule has 4 rings (SSSR count). The van der Waals surface area contributed by atoms with E-state index < -0.39 is 0 Å². The van der Waals surface area contributed by atoms with E-state index in [1.54, 1.807) is 0 Å². The molecule has 6 heteroatoms. The topological polar surface area (TPSA) is 61.1 Å². The van der Waals surface area contributed by atoms with E-state index in [9.17, 15) is 4.79 Å². The summed E-state index contributed by atoms with van der Waals surface area (Å²) in [7, 11) is 0. The van der Waals surface area contributed by atoms with E-state index in [-0.39, 0.29) is 5.91 Å². The summed E-state index contributed by atoms with van der Waals surface area (Å²) in [5, 5.41) is 2.98. The quantitative estimate of drug-likeness (QED) is 0.452. The van der Waals surface area contributed by atoms with Gasteiger partial charge in [-0.3, -0.25) is 10.1 Å². The standard InChI is InChI=1S/C23H24N4O2/c1-2-29-17-7-16-27-21-9-4-3-8-20(21)24-23(27)25-22(28)18-10-12-19(13-11-18)26-14-5-6-15-26/h3-6,8-15H,2,7,16-17H2,1H3,(H,24,25,28). The van der Waals surface area contributed by atoms with E-state index >= 15 is 0 Å². The highest BCUT2D eigenvalue weighted by atomic mass is 16.5. The van der Waals surface area contributed by atoms with E-state index in [1.165, 1.54) is 0 Å². The number of aromatic nitrogens is 3. The second kappa shape index (κ2) is 8.75. The molecule has 2 aromatic carbocycles. The number of hydrogen-bond donors (Lipinski definition) is 1. The summed E-state index contributed by atoms with van der Waals surface area (Å²) in [4.78, 5) is 17.4. The van der Waals surface area contributed by atoms with Crippen molar-refractivity contribution in [2.24, 2.45) is 0 Å². The molecule has 0 fully saturated rings. The number of rotatable bonds is 8. The fourth-order valence-corrected chi connectivity index (χ4v) is 3.33. The average Bonchev–Trinajstić information content (AvgIpc) is 3.40. The first-order valence-corrected chi connectivity index (χ1v) is 9.84. The number of amides is 1. The molecule has 6 nitrogen and oxygen atoms in total. The lowest BCUT2D eigenvalue weighted by molar-refractivity contribution is 0.102. The summed E-state index contributed by atoms with van der Waals surface area (Å²) in [6.07, 6.45) is 4.79. The van der Waals surface area contributed by atoms with Crippen LogP contribution in [0, 0.1) is 0 Å². The van der Waals surface area contributed by atoms with Crippen molar-refractivity contribution >= 4 is 22.9 Å². The van der Waals surface area contributed by atoms with Gasteiger partial charge in [0.05, 0.1) is 11.0 Å². The van der Waals surface area contributed by atoms with Gasteiger partial charge in [0, 0.05) is 43.4 Å². The van der Waals surface area contributed by atoms with E-state index in [0.717, 1.165) is 29.7 Å². The zero-order valence-electron chi connectivity index (χ0n) is 16.4. The van der Waals surface area contributed by atoms with E-state index in [0.29, 0.717) is 24.7 Å². The average molecular weight is 388 g/mol. The van der Waals surface area contributed by atoms with Crippen LogP contribution in [0.25, 0.3) is 16.7 Å². The van der Waals surface area contributed by atoms with Crippen LogP contribution in [0.15, 0.2) is 73.1 Å². The number of aryl methyl sites for hydroxylation is 1. The molecule has 0 saturated heterocycles. The first-order valence-electron chi connectivity index (χ1n) is 9.84. The lowest BCUT2D eigenvalue weighted by Gasteiger charge is -2.11. The van der Waals surface area contributed by atoms with Crippen LogP contribution in [-0.4, -0.2) is 33.2 Å². The summed E-state index contributed by atoms with van der Waals surface area (Å²) in [5.41, 5.74) is 3.47. The van der Waals surface area contributed by atoms with Crippen LogP contribution in [0.1, 0.15) is 23.7 Å². The van der Waals surface area contributed by atoms with Gasteiger partial charge in [-0.25, -0.2) is 4.98 Å². The molecular weight excluding hydrogens is 364 g/mol. The zero-order chi connectivity index (χ0) is 20.1. The second-order valence-corrected chi connectivity index (χ2v) is 6.72. The number of benzene rings is 2. The van der Waals surface area contributed by atoms with E-state index in [2.05, 4.69) is 10.3 Å². The van der Waals surface area contributed by atoms with Gasteiger partial charge >= 0.3 is 0 Å². The van der Waals surface area contributed by atoms with E-state index in [1.807, 2.05) is 89.1 Å². The van der Waals surface area contributed by atoms with Crippen molar-refractivity contribution in [1.82, 2.24) is 14.1 Å². The molecule has 0 unspecified atom stereocenters. The number of carbonyl (C=O) groups is 1. The van der Waals surface area contributed by atoms with Crippen molar-refractivity contribution in [2.75, 3.05) is 18.5 Å². The summed E-state index contributed by atoms with van der Waals surface area (Å²) in [6, 6.07) is 19.4. The SMILES string of the molecule is CCOCCCn1c(NC(=O)c2ccc(-n3cccc3)cc2)nc2ccccc21. The van der Waals surface area contributed by atoms with Crippen LogP contribution in [0.4, 0.5) is 5.95 Å². The highest BCUT2D eigenvalue weighted by Gasteiger charge is 2.14. The Bertz CT molecular complexity index is 1080. The Labute approximate surface area is 169 Å². The highest BCUT2D eigenvalue weighted by molar-refractivity contribution is 6.04. The normalized spacial score (nSPS) is 11.1. The third-order valence-electron chi connectivity index (χ3n) is 4.79. The lowest BCUT2D eigenvalue weighted by Crippen LogP contribution is -2.16. The number of nitrogens with zero attached hydrogens (tertiary/aromatic N) is 3. The first kappa shape index (κ1) is 19.0. The van der Waals surface area contributed by atoms with Gasteiger partial charge in [0.15, 0.2) is 0 Å². The Kier molecular flexibility index (Phi) is 5.72. The molecule has 0 saturated carbocycles. The van der Waals surface area contributed by atoms with Gasteiger partial charge in [0.1, 0.15) is 0 Å². The largest absolute Gasteiger partial charge is 0.382 e. The maximum Gasteiger partial charge on any atom is 0.257 e. The predicted molar refractivity (Wildman–Crippen MR) is 115 cm³/mol. The minimum Gasteiger partial charge on any atom is -0.382 e. The summed E-state index contributed by atoms with van der Waals surface area (Å²) in [5.74, 6) is 0.382. The van der Waals surface area contributed by atoms with Gasteiger partial charge in [-0.05, 0) is 61.9 Å². The van der Waals surface area contributed by atoms with Crippen LogP contribution >= 0.6 is 0 Å². The summed E-state index contributed by atoms with van der Waals surface area (Å²) < 4.78 is 9.49. The van der Waals surface area contributed by atoms with Crippen molar-refractivity contribution in [1.29, 1.82) is 0 Å². The van der Waals surface area contributed by atoms with Crippen molar-refractivity contribution in [3.8, 4) is 5.69 Å². The van der Waals surface area contributed by atoms with Gasteiger partial charge in [-0.15, -0.1) is 0 Å². The van der Waals surface area contributed by atoms with Crippen LogP contribution in [0.5, 0.6) is 0 Å². The van der Waals surface area contributed by atoms with Gasteiger partial charge in [-0.1, -0.05) is 12.1 Å². The summed E-state index contributed by atoms with van der Waals surface area (Å²) in [6.45, 7) is 4.09. The number of ether oxygens (including phenoxy) is 1. The fourth-order valence-electron chi connectivity index (χ4n) is 3.33. The molecule has 1 amide bonds. The van der Waals surface area contributed by atoms with Crippen LogP contribution < -0.4 is 5.32 Å². The molecule has 2 heterocycles. The van der Waals surface area contributed by atoms with Crippen molar-refractivity contribution in [2.45, 2.75) is 19.9 Å². The minimum absolute atomic E-state index is 0.176. The van der Waals surface area contributed by atoms with Crippen LogP contribution in [-0.2, 0) is 11.3 Å². The number of carbonyl (C=O) groups excluding carboxylic acids is 1. The molecule has 29 heavy (non-hydrogen) atoms. The van der Waals surface area contributed by atoms with Gasteiger partial charge < -0.3 is 13.9 Å². The minimum atomic E-state index is -0.176. The predicted octanol–water partition coefficient (Wildman–Crippen LogP) is 4.51. The Balaban J connectivity index is 1.54. The molecule has 0 aliphatic rings. The molecule has 0 aliphatic carbocycles. The van der Waals surface area contributed by atoms with Crippen LogP contribution in [0.3, 0.4) is 0 Å². The molecule has 1 N–H and O–H groups in total. The lowest BCUT2D eigenvalue weighted by atomic mass is 10.2. The number of hydrogen-bond acceptors (Lipinski definition) is 3. The Hall–Kier alpha value is -3.38. The molecule has 0 atom stereocenters. The zero-order valence-corrected chi connectivity index (χ0v) is 16.4. The number of para-hydroxylation sites is 2. The number of imidazole rings is 1. The smallest absolute Gasteiger partial charge is 0.257 e. The van der Waals surface area contributed by atoms with Crippen molar-refractivity contribution in [3.63, 3.8) is 0 Å². The van der Waals surface area contributed by atoms with Crippen LogP contribution in [0.2, 0.25) is 0 Å². The maximum absolute atomic E-state index is 12.8. The number of nitrogens with one attached hydrogen (secondary N) is 1. The molecule has 4 aromatic rings. The van der Waals surface area contributed by atoms with E-state index in [4.69, 9.17) is 4.74 Å². The molecular formula is C23H24N4O2.